The van der Waals surface area contributed by atoms with Gasteiger partial charge in [0.1, 0.15) is 0 Å². The Bertz CT molecular complexity index is 273. The third-order valence-corrected chi connectivity index (χ3v) is 3.05. The van der Waals surface area contributed by atoms with Crippen LogP contribution in [0, 0.1) is 11.8 Å². The second-order valence-electron chi connectivity index (χ2n) is 4.05. The van der Waals surface area contributed by atoms with E-state index in [2.05, 4.69) is 29.6 Å². The van der Waals surface area contributed by atoms with Crippen LogP contribution >= 0.6 is 0 Å². The Hall–Kier alpha value is -0.860. The zero-order valence-electron chi connectivity index (χ0n) is 8.32. The van der Waals surface area contributed by atoms with Crippen LogP contribution in [0.25, 0.3) is 0 Å². The Labute approximate surface area is 85.0 Å². The Balaban J connectivity index is 1.97. The minimum absolute atomic E-state index is 0.310. The van der Waals surface area contributed by atoms with Gasteiger partial charge in [0, 0.05) is 13.2 Å². The summed E-state index contributed by atoms with van der Waals surface area (Å²) in [6.45, 7) is 2.32. The van der Waals surface area contributed by atoms with Gasteiger partial charge >= 0.3 is 0 Å². The lowest BCUT2D eigenvalue weighted by molar-refractivity contribution is 0.205. The molecule has 0 aromatic heterocycles. The third kappa shape index (κ3) is 2.14. The molecule has 2 nitrogen and oxygen atoms in total. The Morgan fingerprint density at radius 3 is 2.57 bits per heavy atom. The summed E-state index contributed by atoms with van der Waals surface area (Å²) in [7, 11) is 0. The molecule has 14 heavy (non-hydrogen) atoms. The summed E-state index contributed by atoms with van der Waals surface area (Å²) in [6.07, 6.45) is 1.08. The number of hydrogen-bond donors (Lipinski definition) is 2. The van der Waals surface area contributed by atoms with E-state index in [-0.39, 0.29) is 0 Å². The van der Waals surface area contributed by atoms with Crippen LogP contribution in [0.4, 0.5) is 0 Å². The van der Waals surface area contributed by atoms with Crippen LogP contribution in [0.2, 0.25) is 0 Å². The van der Waals surface area contributed by atoms with Crippen molar-refractivity contribution in [3.05, 3.63) is 35.9 Å². The molecular weight excluding hydrogens is 174 g/mol. The third-order valence-electron chi connectivity index (χ3n) is 3.05. The monoisotopic (exact) mass is 191 g/mol. The van der Waals surface area contributed by atoms with Gasteiger partial charge in [-0.2, -0.15) is 0 Å². The highest BCUT2D eigenvalue weighted by Gasteiger charge is 2.25. The number of aliphatic hydroxyl groups excluding tert-OH is 1. The van der Waals surface area contributed by atoms with Gasteiger partial charge in [0.2, 0.25) is 0 Å². The van der Waals surface area contributed by atoms with Gasteiger partial charge in [0.15, 0.2) is 0 Å². The zero-order chi connectivity index (χ0) is 9.80. The molecule has 1 aromatic rings. The van der Waals surface area contributed by atoms with E-state index in [1.165, 1.54) is 5.56 Å². The molecule has 76 valence electrons. The number of aliphatic hydroxyl groups is 1. The van der Waals surface area contributed by atoms with Crippen molar-refractivity contribution in [2.24, 2.45) is 11.8 Å². The van der Waals surface area contributed by atoms with Crippen LogP contribution in [0.5, 0.6) is 0 Å². The number of nitrogens with one attached hydrogen (secondary N) is 1. The van der Waals surface area contributed by atoms with Crippen molar-refractivity contribution in [1.29, 1.82) is 0 Å². The predicted octanol–water partition coefficient (Wildman–Crippen LogP) is 1.06. The molecule has 0 bridgehead atoms. The molecule has 2 N–H and O–H groups in total. The summed E-state index contributed by atoms with van der Waals surface area (Å²) in [5.41, 5.74) is 1.37. The molecular formula is C12H17NO. The van der Waals surface area contributed by atoms with Crippen LogP contribution in [-0.4, -0.2) is 24.8 Å². The van der Waals surface area contributed by atoms with Crippen molar-refractivity contribution in [3.63, 3.8) is 0 Å². The second kappa shape index (κ2) is 4.58. The average Bonchev–Trinajstić information content (AvgIpc) is 2.67. The molecule has 2 unspecified atom stereocenters. The Kier molecular flexibility index (Phi) is 3.17. The van der Waals surface area contributed by atoms with E-state index in [0.717, 1.165) is 19.5 Å². The van der Waals surface area contributed by atoms with Gasteiger partial charge in [-0.05, 0) is 30.4 Å². The van der Waals surface area contributed by atoms with Gasteiger partial charge in [-0.25, -0.2) is 0 Å². The minimum atomic E-state index is 0.310. The topological polar surface area (TPSA) is 32.3 Å². The van der Waals surface area contributed by atoms with Gasteiger partial charge in [0.05, 0.1) is 0 Å². The first-order valence-corrected chi connectivity index (χ1v) is 5.25. The van der Waals surface area contributed by atoms with Crippen LogP contribution in [-0.2, 0) is 6.42 Å². The quantitative estimate of drug-likeness (QED) is 0.748. The van der Waals surface area contributed by atoms with Gasteiger partial charge in [-0.3, -0.25) is 0 Å². The van der Waals surface area contributed by atoms with Crippen molar-refractivity contribution >= 4 is 0 Å². The molecule has 1 aromatic carbocycles. The fraction of sp³-hybridized carbons (Fsp3) is 0.500. The Morgan fingerprint density at radius 1 is 1.14 bits per heavy atom. The van der Waals surface area contributed by atoms with Crippen LogP contribution in [0.1, 0.15) is 5.56 Å². The lowest BCUT2D eigenvalue weighted by Crippen LogP contribution is -2.18. The first kappa shape index (κ1) is 9.69. The van der Waals surface area contributed by atoms with E-state index in [9.17, 15) is 5.11 Å². The molecule has 1 aliphatic heterocycles. The normalized spacial score (nSPS) is 26.6. The predicted molar refractivity (Wildman–Crippen MR) is 57.1 cm³/mol. The van der Waals surface area contributed by atoms with E-state index in [1.54, 1.807) is 0 Å². The van der Waals surface area contributed by atoms with Crippen molar-refractivity contribution in [1.82, 2.24) is 5.32 Å². The molecule has 0 amide bonds. The molecule has 0 saturated carbocycles. The second-order valence-corrected chi connectivity index (χ2v) is 4.05. The van der Waals surface area contributed by atoms with Gasteiger partial charge < -0.3 is 10.4 Å². The molecule has 1 heterocycles. The summed E-state index contributed by atoms with van der Waals surface area (Å²) < 4.78 is 0. The molecule has 0 spiro atoms. The SMILES string of the molecule is OCC1CNCC1Cc1ccccc1. The van der Waals surface area contributed by atoms with Crippen LogP contribution in [0.3, 0.4) is 0 Å². The molecule has 2 atom stereocenters. The summed E-state index contributed by atoms with van der Waals surface area (Å²) in [5.74, 6) is 1.04. The molecule has 1 saturated heterocycles. The number of rotatable bonds is 3. The first-order chi connectivity index (χ1) is 6.90. The maximum Gasteiger partial charge on any atom is 0.0474 e. The maximum absolute atomic E-state index is 9.17. The molecule has 2 rings (SSSR count). The van der Waals surface area contributed by atoms with Crippen molar-refractivity contribution < 1.29 is 5.11 Å². The molecule has 1 aliphatic rings. The molecule has 2 heteroatoms. The maximum atomic E-state index is 9.17. The minimum Gasteiger partial charge on any atom is -0.396 e. The van der Waals surface area contributed by atoms with E-state index in [4.69, 9.17) is 0 Å². The smallest absolute Gasteiger partial charge is 0.0474 e. The summed E-state index contributed by atoms with van der Waals surface area (Å²) >= 11 is 0. The molecule has 0 radical (unpaired) electrons. The van der Waals surface area contributed by atoms with E-state index >= 15 is 0 Å². The fourth-order valence-corrected chi connectivity index (χ4v) is 2.16. The highest BCUT2D eigenvalue weighted by Crippen LogP contribution is 2.20. The summed E-state index contributed by atoms with van der Waals surface area (Å²) in [6, 6.07) is 10.5. The average molecular weight is 191 g/mol. The van der Waals surface area contributed by atoms with Crippen molar-refractivity contribution in [2.75, 3.05) is 19.7 Å². The van der Waals surface area contributed by atoms with E-state index < -0.39 is 0 Å². The van der Waals surface area contributed by atoms with Crippen molar-refractivity contribution in [3.8, 4) is 0 Å². The van der Waals surface area contributed by atoms with Crippen LogP contribution in [0.15, 0.2) is 30.3 Å². The largest absolute Gasteiger partial charge is 0.396 e. The number of hydrogen-bond acceptors (Lipinski definition) is 2. The summed E-state index contributed by atoms with van der Waals surface area (Å²) in [4.78, 5) is 0. The lowest BCUT2D eigenvalue weighted by Gasteiger charge is -2.15. The standard InChI is InChI=1S/C12H17NO/c14-9-12-8-13-7-11(12)6-10-4-2-1-3-5-10/h1-5,11-14H,6-9H2. The van der Waals surface area contributed by atoms with Gasteiger partial charge in [0.25, 0.3) is 0 Å². The van der Waals surface area contributed by atoms with E-state index in [1.807, 2.05) is 6.07 Å². The molecule has 0 aliphatic carbocycles. The molecule has 1 fully saturated rings. The first-order valence-electron chi connectivity index (χ1n) is 5.25. The zero-order valence-corrected chi connectivity index (χ0v) is 8.32. The fourth-order valence-electron chi connectivity index (χ4n) is 2.16. The van der Waals surface area contributed by atoms with Gasteiger partial charge in [-0.15, -0.1) is 0 Å². The highest BCUT2D eigenvalue weighted by atomic mass is 16.3. The van der Waals surface area contributed by atoms with Gasteiger partial charge in [-0.1, -0.05) is 30.3 Å². The highest BCUT2D eigenvalue weighted by molar-refractivity contribution is 5.15. The van der Waals surface area contributed by atoms with E-state index in [0.29, 0.717) is 18.4 Å². The summed E-state index contributed by atoms with van der Waals surface area (Å²) in [5, 5.41) is 12.5. The number of benzene rings is 1. The Morgan fingerprint density at radius 2 is 1.86 bits per heavy atom. The van der Waals surface area contributed by atoms with Crippen molar-refractivity contribution in [2.45, 2.75) is 6.42 Å². The lowest BCUT2D eigenvalue weighted by atomic mass is 9.90. The van der Waals surface area contributed by atoms with Crippen LogP contribution < -0.4 is 5.32 Å².